The second-order valence-electron chi connectivity index (χ2n) is 13.7. The Morgan fingerprint density at radius 1 is 0.786 bits per heavy atom. The Morgan fingerprint density at radius 3 is 2.07 bits per heavy atom. The van der Waals surface area contributed by atoms with E-state index in [4.69, 9.17) is 0 Å². The van der Waals surface area contributed by atoms with E-state index in [0.29, 0.717) is 0 Å². The summed E-state index contributed by atoms with van der Waals surface area (Å²) in [4.78, 5) is 0. The lowest BCUT2D eigenvalue weighted by atomic mass is 9.60. The standard InChI is InChI=1S/C28H46/c1-16-12-20(16)6-7-21-18(3)22(21)8-9-25-19(4)28(25)15-26(28)23-13-17(2)24(23)14-27(5)10-11-27/h16-26H,6-15H2,1-5H3. The zero-order valence-electron chi connectivity index (χ0n) is 19.4. The summed E-state index contributed by atoms with van der Waals surface area (Å²) in [7, 11) is 0. The van der Waals surface area contributed by atoms with Crippen LogP contribution in [0.15, 0.2) is 0 Å². The lowest BCUT2D eigenvalue weighted by molar-refractivity contribution is 0.0357. The van der Waals surface area contributed by atoms with Crippen molar-refractivity contribution < 1.29 is 0 Å². The molecule has 6 rings (SSSR count). The Bertz CT molecular complexity index is 630. The molecule has 0 saturated heterocycles. The molecule has 12 atom stereocenters. The molecule has 0 nitrogen and oxygen atoms in total. The third kappa shape index (κ3) is 2.89. The van der Waals surface area contributed by atoms with Crippen LogP contribution in [0.2, 0.25) is 0 Å². The van der Waals surface area contributed by atoms with Gasteiger partial charge in [0.05, 0.1) is 0 Å². The van der Waals surface area contributed by atoms with Gasteiger partial charge in [0.1, 0.15) is 0 Å². The topological polar surface area (TPSA) is 0 Å². The van der Waals surface area contributed by atoms with Gasteiger partial charge in [-0.3, -0.25) is 0 Å². The quantitative estimate of drug-likeness (QED) is 0.381. The molecule has 6 aliphatic rings. The maximum atomic E-state index is 2.63. The van der Waals surface area contributed by atoms with Crippen molar-refractivity contribution in [1.29, 1.82) is 0 Å². The monoisotopic (exact) mass is 382 g/mol. The molecule has 12 unspecified atom stereocenters. The van der Waals surface area contributed by atoms with Crippen LogP contribution in [0, 0.1) is 75.9 Å². The summed E-state index contributed by atoms with van der Waals surface area (Å²) in [5.41, 5.74) is 1.63. The molecule has 0 heterocycles. The first-order valence-electron chi connectivity index (χ1n) is 13.3. The highest BCUT2D eigenvalue weighted by Crippen LogP contribution is 2.83. The smallest absolute Gasteiger partial charge is 0.0204 e. The molecule has 0 aromatic carbocycles. The van der Waals surface area contributed by atoms with Gasteiger partial charge in [0.2, 0.25) is 0 Å². The molecule has 6 fully saturated rings. The maximum absolute atomic E-state index is 2.63. The van der Waals surface area contributed by atoms with Gasteiger partial charge >= 0.3 is 0 Å². The molecule has 6 aliphatic carbocycles. The number of rotatable bonds is 9. The Kier molecular flexibility index (Phi) is 4.04. The maximum Gasteiger partial charge on any atom is -0.0204 e. The minimum Gasteiger partial charge on any atom is -0.0622 e. The Morgan fingerprint density at radius 2 is 1.46 bits per heavy atom. The van der Waals surface area contributed by atoms with Crippen LogP contribution in [0.5, 0.6) is 0 Å². The molecule has 158 valence electrons. The van der Waals surface area contributed by atoms with Crippen molar-refractivity contribution in [2.45, 2.75) is 98.8 Å². The van der Waals surface area contributed by atoms with Crippen molar-refractivity contribution in [2.24, 2.45) is 75.9 Å². The van der Waals surface area contributed by atoms with Crippen LogP contribution in [0.4, 0.5) is 0 Å². The molecule has 0 radical (unpaired) electrons. The molecule has 0 amide bonds. The fraction of sp³-hybridized carbons (Fsp3) is 1.00. The highest BCUT2D eigenvalue weighted by Gasteiger charge is 2.77. The van der Waals surface area contributed by atoms with E-state index in [0.717, 1.165) is 75.9 Å². The molecule has 0 N–H and O–H groups in total. The fourth-order valence-electron chi connectivity index (χ4n) is 9.07. The van der Waals surface area contributed by atoms with Crippen molar-refractivity contribution in [1.82, 2.24) is 0 Å². The van der Waals surface area contributed by atoms with Gasteiger partial charge in [0.15, 0.2) is 0 Å². The molecule has 0 aliphatic heterocycles. The average molecular weight is 383 g/mol. The highest BCUT2D eigenvalue weighted by molar-refractivity contribution is 5.25. The summed E-state index contributed by atoms with van der Waals surface area (Å²) in [5.74, 6) is 12.1. The average Bonchev–Trinajstić information content (AvgIpc) is 3.43. The van der Waals surface area contributed by atoms with E-state index in [1.165, 1.54) is 19.3 Å². The first-order chi connectivity index (χ1) is 13.3. The zero-order valence-corrected chi connectivity index (χ0v) is 19.4. The van der Waals surface area contributed by atoms with Gasteiger partial charge in [-0.05, 0) is 140 Å². The first kappa shape index (κ1) is 18.7. The molecule has 1 spiro atoms. The van der Waals surface area contributed by atoms with Crippen LogP contribution >= 0.6 is 0 Å². The minimum absolute atomic E-state index is 0.767. The number of hydrogen-bond acceptors (Lipinski definition) is 0. The third-order valence-electron chi connectivity index (χ3n) is 12.1. The second-order valence-corrected chi connectivity index (χ2v) is 13.7. The Labute approximate surface area is 175 Å². The van der Waals surface area contributed by atoms with Crippen molar-refractivity contribution in [3.05, 3.63) is 0 Å². The van der Waals surface area contributed by atoms with Crippen molar-refractivity contribution in [3.8, 4) is 0 Å². The predicted molar refractivity (Wildman–Crippen MR) is 118 cm³/mol. The largest absolute Gasteiger partial charge is 0.0622 e. The molecule has 28 heavy (non-hydrogen) atoms. The van der Waals surface area contributed by atoms with E-state index in [2.05, 4.69) is 34.6 Å². The summed E-state index contributed by atoms with van der Waals surface area (Å²) in [5, 5.41) is 0. The van der Waals surface area contributed by atoms with Crippen LogP contribution in [0.1, 0.15) is 98.8 Å². The summed E-state index contributed by atoms with van der Waals surface area (Å²) < 4.78 is 0. The van der Waals surface area contributed by atoms with Gasteiger partial charge in [-0.25, -0.2) is 0 Å². The van der Waals surface area contributed by atoms with Gasteiger partial charge in [-0.2, -0.15) is 0 Å². The van der Waals surface area contributed by atoms with E-state index in [9.17, 15) is 0 Å². The molecule has 6 saturated carbocycles. The highest BCUT2D eigenvalue weighted by atomic mass is 14.8. The number of hydrogen-bond donors (Lipinski definition) is 0. The fourth-order valence-corrected chi connectivity index (χ4v) is 9.07. The molecule has 0 aromatic heterocycles. The summed E-state index contributed by atoms with van der Waals surface area (Å²) in [6, 6.07) is 0. The van der Waals surface area contributed by atoms with Crippen molar-refractivity contribution in [3.63, 3.8) is 0 Å². The third-order valence-corrected chi connectivity index (χ3v) is 12.1. The van der Waals surface area contributed by atoms with Gasteiger partial charge in [0, 0.05) is 0 Å². The molecular formula is C28H46. The van der Waals surface area contributed by atoms with E-state index < -0.39 is 0 Å². The van der Waals surface area contributed by atoms with Crippen LogP contribution in [0.3, 0.4) is 0 Å². The van der Waals surface area contributed by atoms with Gasteiger partial charge in [-0.15, -0.1) is 0 Å². The van der Waals surface area contributed by atoms with Crippen molar-refractivity contribution >= 4 is 0 Å². The van der Waals surface area contributed by atoms with E-state index in [-0.39, 0.29) is 0 Å². The molecular weight excluding hydrogens is 336 g/mol. The molecule has 0 bridgehead atoms. The summed E-state index contributed by atoms with van der Waals surface area (Å²) in [6.45, 7) is 12.8. The molecule has 0 aromatic rings. The van der Waals surface area contributed by atoms with Crippen LogP contribution in [-0.4, -0.2) is 0 Å². The Balaban J connectivity index is 0.976. The summed E-state index contributed by atoms with van der Waals surface area (Å²) in [6.07, 6.45) is 15.7. The molecule has 0 heteroatoms. The van der Waals surface area contributed by atoms with Gasteiger partial charge in [0.25, 0.3) is 0 Å². The van der Waals surface area contributed by atoms with E-state index >= 15 is 0 Å². The lowest BCUT2D eigenvalue weighted by Gasteiger charge is -2.45. The minimum atomic E-state index is 0.767. The SMILES string of the molecule is CC1CC1CCC1C(C)C1CCC1C(C)C12CC2C1CC(C)C1CC1(C)CC1. The normalized spacial score (nSPS) is 59.7. The second kappa shape index (κ2) is 6.03. The Hall–Kier alpha value is 0. The van der Waals surface area contributed by atoms with Crippen LogP contribution in [0.25, 0.3) is 0 Å². The lowest BCUT2D eigenvalue weighted by Crippen LogP contribution is -2.38. The van der Waals surface area contributed by atoms with Gasteiger partial charge in [-0.1, -0.05) is 34.6 Å². The van der Waals surface area contributed by atoms with Crippen LogP contribution < -0.4 is 0 Å². The van der Waals surface area contributed by atoms with Crippen molar-refractivity contribution in [2.75, 3.05) is 0 Å². The zero-order chi connectivity index (χ0) is 19.4. The summed E-state index contributed by atoms with van der Waals surface area (Å²) >= 11 is 0. The van der Waals surface area contributed by atoms with Crippen LogP contribution in [-0.2, 0) is 0 Å². The van der Waals surface area contributed by atoms with Gasteiger partial charge < -0.3 is 0 Å². The van der Waals surface area contributed by atoms with E-state index in [1.807, 2.05) is 0 Å². The van der Waals surface area contributed by atoms with E-state index in [1.54, 1.807) is 44.9 Å². The predicted octanol–water partition coefficient (Wildman–Crippen LogP) is 7.82. The first-order valence-corrected chi connectivity index (χ1v) is 13.3.